The summed E-state index contributed by atoms with van der Waals surface area (Å²) in [5.74, 6) is 6.14. The lowest BCUT2D eigenvalue weighted by Crippen LogP contribution is -2.24. The van der Waals surface area contributed by atoms with Crippen molar-refractivity contribution in [2.75, 3.05) is 12.1 Å². The Kier molecular flexibility index (Phi) is 1.63. The van der Waals surface area contributed by atoms with Gasteiger partial charge in [0.05, 0.1) is 0 Å². The molecule has 2 N–H and O–H groups in total. The van der Waals surface area contributed by atoms with Gasteiger partial charge in [0.25, 0.3) is 0 Å². The van der Waals surface area contributed by atoms with Crippen LogP contribution >= 0.6 is 11.5 Å². The van der Waals surface area contributed by atoms with Gasteiger partial charge in [0, 0.05) is 18.6 Å². The summed E-state index contributed by atoms with van der Waals surface area (Å²) in [4.78, 5) is 4.02. The van der Waals surface area contributed by atoms with Crippen molar-refractivity contribution in [3.8, 4) is 0 Å². The maximum atomic E-state index is 5.37. The van der Waals surface area contributed by atoms with Crippen LogP contribution < -0.4 is 10.9 Å². The van der Waals surface area contributed by atoms with Gasteiger partial charge < -0.3 is 0 Å². The highest BCUT2D eigenvalue weighted by molar-refractivity contribution is 7.09. The number of hydrogen-bond acceptors (Lipinski definition) is 5. The van der Waals surface area contributed by atoms with Crippen LogP contribution in [0.3, 0.4) is 0 Å². The third-order valence-corrected chi connectivity index (χ3v) is 1.72. The molecule has 9 heavy (non-hydrogen) atoms. The largest absolute Gasteiger partial charge is 0.288 e. The highest BCUT2D eigenvalue weighted by Gasteiger charge is 1.99. The number of aromatic nitrogens is 2. The van der Waals surface area contributed by atoms with E-state index in [1.54, 1.807) is 7.05 Å². The van der Waals surface area contributed by atoms with E-state index in [2.05, 4.69) is 9.36 Å². The second kappa shape index (κ2) is 2.28. The average Bonchev–Trinajstić information content (AvgIpc) is 2.14. The molecule has 0 saturated carbocycles. The number of rotatable bonds is 1. The van der Waals surface area contributed by atoms with Crippen LogP contribution in [0.1, 0.15) is 5.82 Å². The predicted octanol–water partition coefficient (Wildman–Crippen LogP) is 0.156. The van der Waals surface area contributed by atoms with E-state index in [1.807, 2.05) is 6.92 Å². The molecule has 1 aromatic rings. The van der Waals surface area contributed by atoms with E-state index in [1.165, 1.54) is 16.5 Å². The molecule has 0 saturated heterocycles. The lowest BCUT2D eigenvalue weighted by molar-refractivity contribution is 0.989. The maximum absolute atomic E-state index is 5.37. The smallest absolute Gasteiger partial charge is 0.219 e. The van der Waals surface area contributed by atoms with Crippen molar-refractivity contribution in [1.82, 2.24) is 9.36 Å². The van der Waals surface area contributed by atoms with Gasteiger partial charge >= 0.3 is 0 Å². The topological polar surface area (TPSA) is 55.0 Å². The number of hydrazine groups is 1. The van der Waals surface area contributed by atoms with E-state index in [9.17, 15) is 0 Å². The molecule has 1 heterocycles. The van der Waals surface area contributed by atoms with Gasteiger partial charge in [-0.2, -0.15) is 4.37 Å². The fourth-order valence-electron chi connectivity index (χ4n) is 0.429. The summed E-state index contributed by atoms with van der Waals surface area (Å²) in [5, 5.41) is 2.19. The molecular weight excluding hydrogens is 136 g/mol. The zero-order chi connectivity index (χ0) is 6.85. The van der Waals surface area contributed by atoms with Crippen LogP contribution in [0.25, 0.3) is 0 Å². The molecule has 0 amide bonds. The number of anilines is 1. The summed E-state index contributed by atoms with van der Waals surface area (Å²) in [6, 6.07) is 0. The van der Waals surface area contributed by atoms with Crippen molar-refractivity contribution in [1.29, 1.82) is 0 Å². The number of hydrogen-bond donors (Lipinski definition) is 1. The van der Waals surface area contributed by atoms with Crippen molar-refractivity contribution >= 4 is 16.7 Å². The minimum Gasteiger partial charge on any atom is -0.288 e. The van der Waals surface area contributed by atoms with Crippen LogP contribution in [-0.4, -0.2) is 16.4 Å². The predicted molar refractivity (Wildman–Crippen MR) is 37.2 cm³/mol. The van der Waals surface area contributed by atoms with E-state index < -0.39 is 0 Å². The zero-order valence-electron chi connectivity index (χ0n) is 5.33. The van der Waals surface area contributed by atoms with Gasteiger partial charge in [0.15, 0.2) is 0 Å². The van der Waals surface area contributed by atoms with E-state index in [4.69, 9.17) is 5.84 Å². The number of aryl methyl sites for hydroxylation is 1. The maximum Gasteiger partial charge on any atom is 0.219 e. The van der Waals surface area contributed by atoms with Gasteiger partial charge in [-0.05, 0) is 6.92 Å². The Labute approximate surface area is 57.5 Å². The molecule has 0 spiro atoms. The Morgan fingerprint density at radius 3 is 2.56 bits per heavy atom. The van der Waals surface area contributed by atoms with Crippen LogP contribution in [0.5, 0.6) is 0 Å². The van der Waals surface area contributed by atoms with Crippen LogP contribution in [0.15, 0.2) is 0 Å². The molecule has 50 valence electrons. The molecular formula is C4H8N4S. The quantitative estimate of drug-likeness (QED) is 0.450. The van der Waals surface area contributed by atoms with Gasteiger partial charge in [-0.1, -0.05) is 0 Å². The Morgan fingerprint density at radius 1 is 1.67 bits per heavy atom. The van der Waals surface area contributed by atoms with Crippen molar-refractivity contribution < 1.29 is 0 Å². The molecule has 0 atom stereocenters. The third kappa shape index (κ3) is 1.36. The lowest BCUT2D eigenvalue weighted by atomic mass is 10.7. The van der Waals surface area contributed by atoms with Crippen LogP contribution in [-0.2, 0) is 0 Å². The minimum absolute atomic E-state index is 0.743. The fourth-order valence-corrected chi connectivity index (χ4v) is 0.986. The van der Waals surface area contributed by atoms with Crippen LogP contribution in [0.4, 0.5) is 5.13 Å². The summed E-state index contributed by atoms with van der Waals surface area (Å²) in [5.41, 5.74) is 0. The van der Waals surface area contributed by atoms with E-state index in [0.717, 1.165) is 11.0 Å². The highest BCUT2D eigenvalue weighted by atomic mass is 32.1. The first-order valence-corrected chi connectivity index (χ1v) is 3.26. The second-order valence-corrected chi connectivity index (χ2v) is 2.47. The first-order chi connectivity index (χ1) is 4.20. The third-order valence-electron chi connectivity index (χ3n) is 0.819. The normalized spacial score (nSPS) is 9.67. The van der Waals surface area contributed by atoms with Crippen molar-refractivity contribution in [3.63, 3.8) is 0 Å². The standard InChI is InChI=1S/C4H8N4S/c1-3-6-4(8(2)5)9-7-3/h5H2,1-2H3. The molecule has 0 fully saturated rings. The van der Waals surface area contributed by atoms with Crippen molar-refractivity contribution in [3.05, 3.63) is 5.82 Å². The SMILES string of the molecule is Cc1nsc(N(C)N)n1. The molecule has 0 unspecified atom stereocenters. The van der Waals surface area contributed by atoms with Gasteiger partial charge in [-0.3, -0.25) is 5.01 Å². The van der Waals surface area contributed by atoms with Crippen LogP contribution in [0, 0.1) is 6.92 Å². The molecule has 0 aliphatic carbocycles. The van der Waals surface area contributed by atoms with Crippen molar-refractivity contribution in [2.45, 2.75) is 6.92 Å². The first-order valence-electron chi connectivity index (χ1n) is 2.49. The highest BCUT2D eigenvalue weighted by Crippen LogP contribution is 2.10. The summed E-state index contributed by atoms with van der Waals surface area (Å²) in [7, 11) is 1.74. The Balaban J connectivity index is 2.85. The molecule has 0 bridgehead atoms. The molecule has 4 nitrogen and oxygen atoms in total. The van der Waals surface area contributed by atoms with Gasteiger partial charge in [0.2, 0.25) is 5.13 Å². The summed E-state index contributed by atoms with van der Waals surface area (Å²) in [6.07, 6.45) is 0. The van der Waals surface area contributed by atoms with E-state index in [0.29, 0.717) is 0 Å². The summed E-state index contributed by atoms with van der Waals surface area (Å²) < 4.78 is 3.95. The first kappa shape index (κ1) is 6.44. The van der Waals surface area contributed by atoms with Gasteiger partial charge in [0.1, 0.15) is 5.82 Å². The van der Waals surface area contributed by atoms with E-state index >= 15 is 0 Å². The Bertz CT molecular complexity index is 194. The van der Waals surface area contributed by atoms with Crippen LogP contribution in [0.2, 0.25) is 0 Å². The Hall–Kier alpha value is -0.680. The average molecular weight is 144 g/mol. The number of nitrogens with two attached hydrogens (primary N) is 1. The molecule has 0 radical (unpaired) electrons. The van der Waals surface area contributed by atoms with Crippen molar-refractivity contribution in [2.24, 2.45) is 5.84 Å². The zero-order valence-corrected chi connectivity index (χ0v) is 6.14. The molecule has 1 aromatic heterocycles. The Morgan fingerprint density at radius 2 is 2.33 bits per heavy atom. The summed E-state index contributed by atoms with van der Waals surface area (Å²) >= 11 is 1.30. The molecule has 1 rings (SSSR count). The monoisotopic (exact) mass is 144 g/mol. The number of nitrogens with zero attached hydrogens (tertiary/aromatic N) is 3. The molecule has 5 heteroatoms. The molecule has 0 aromatic carbocycles. The van der Waals surface area contributed by atoms with Gasteiger partial charge in [-0.25, -0.2) is 10.8 Å². The second-order valence-electron chi connectivity index (χ2n) is 1.74. The molecule has 0 aliphatic heterocycles. The lowest BCUT2D eigenvalue weighted by Gasteiger charge is -2.03. The van der Waals surface area contributed by atoms with Gasteiger partial charge in [-0.15, -0.1) is 0 Å². The molecule has 0 aliphatic rings. The minimum atomic E-state index is 0.743. The van der Waals surface area contributed by atoms with E-state index in [-0.39, 0.29) is 0 Å². The summed E-state index contributed by atoms with van der Waals surface area (Å²) in [6.45, 7) is 1.84. The fraction of sp³-hybridized carbons (Fsp3) is 0.500.